The molecule has 0 aliphatic rings. The van der Waals surface area contributed by atoms with Crippen LogP contribution in [0.2, 0.25) is 0 Å². The second kappa shape index (κ2) is 58.2. The molecule has 0 aromatic heterocycles. The van der Waals surface area contributed by atoms with Gasteiger partial charge in [0.1, 0.15) is 28.7 Å². The lowest BCUT2D eigenvalue weighted by Gasteiger charge is -2.07. The number of ether oxygens (including phenoxy) is 5. The Morgan fingerprint density at radius 3 is 0.381 bits per heavy atom. The van der Waals surface area contributed by atoms with Gasteiger partial charge in [0, 0.05) is 24.5 Å². The van der Waals surface area contributed by atoms with Crippen molar-refractivity contribution in [2.45, 2.75) is 188 Å². The number of halogens is 5. The Balaban J connectivity index is 0.000000649. The largest absolute Gasteiger partial charge is 0.494 e. The van der Waals surface area contributed by atoms with Crippen molar-refractivity contribution in [3.8, 4) is 28.7 Å². The fraction of sp³-hybridized carbons (Fsp3) is 0.333. The van der Waals surface area contributed by atoms with Gasteiger partial charge in [-0.2, -0.15) is 0 Å². The van der Waals surface area contributed by atoms with Crippen molar-refractivity contribution in [1.82, 2.24) is 0 Å². The molecule has 0 saturated carbocycles. The highest BCUT2D eigenvalue weighted by molar-refractivity contribution is 7.81. The summed E-state index contributed by atoms with van der Waals surface area (Å²) in [6.45, 7) is 14.9. The Morgan fingerprint density at radius 1 is 0.171 bits per heavy atom. The number of rotatable bonds is 35. The third kappa shape index (κ3) is 42.0. The monoisotopic (exact) mass is 1530 g/mol. The van der Waals surface area contributed by atoms with Crippen molar-refractivity contribution in [1.29, 1.82) is 0 Å². The minimum Gasteiger partial charge on any atom is -0.494 e. The molecule has 0 N–H and O–H groups in total. The first-order valence-electron chi connectivity index (χ1n) is 36.3. The van der Waals surface area contributed by atoms with Gasteiger partial charge >= 0.3 is 0 Å². The van der Waals surface area contributed by atoms with Crippen LogP contribution in [0.3, 0.4) is 0 Å². The van der Waals surface area contributed by atoms with Crippen LogP contribution >= 0.6 is 63.1 Å². The quantitative estimate of drug-likeness (QED) is 0.0293. The average Bonchev–Trinajstić information content (AvgIpc) is 0.996. The van der Waals surface area contributed by atoms with E-state index < -0.39 is 0 Å². The highest BCUT2D eigenvalue weighted by atomic mass is 32.1. The van der Waals surface area contributed by atoms with Gasteiger partial charge in [0.15, 0.2) is 0 Å². The molecule has 5 radical (unpaired) electrons. The molecule has 10 aromatic rings. The zero-order valence-electron chi connectivity index (χ0n) is 61.9. The number of aryl methyl sites for hydroxylation is 10. The second-order valence-corrected chi connectivity index (χ2v) is 27.3. The molecule has 0 aliphatic carbocycles. The van der Waals surface area contributed by atoms with Crippen LogP contribution in [0.4, 0.5) is 23.5 Å². The average molecular weight is 1530 g/mol. The summed E-state index contributed by atoms with van der Waals surface area (Å²) in [6, 6.07) is 83.3. The van der Waals surface area contributed by atoms with Gasteiger partial charge in [0.05, 0.1) is 33.0 Å². The lowest BCUT2D eigenvalue weighted by molar-refractivity contribution is 0.309. The minimum atomic E-state index is 0. The summed E-state index contributed by atoms with van der Waals surface area (Å²) in [5.41, 5.74) is 13.4. The number of benzene rings is 10. The molecule has 0 atom stereocenters. The molecule has 0 bridgehead atoms. The molecule has 10 rings (SSSR count). The summed E-state index contributed by atoms with van der Waals surface area (Å²) in [5, 5.41) is 0. The van der Waals surface area contributed by atoms with Gasteiger partial charge in [-0.15, -0.1) is 0 Å². The smallest absolute Gasteiger partial charge is 0.119 e. The molecule has 105 heavy (non-hydrogen) atoms. The lowest BCUT2D eigenvalue weighted by atomic mass is 10.0. The molecule has 5 nitrogen and oxygen atoms in total. The zero-order valence-corrected chi connectivity index (χ0v) is 66.0. The van der Waals surface area contributed by atoms with E-state index in [0.717, 1.165) is 183 Å². The third-order valence-electron chi connectivity index (χ3n) is 16.6. The van der Waals surface area contributed by atoms with Gasteiger partial charge in [-0.3, -0.25) is 23.5 Å². The minimum absolute atomic E-state index is 0. The number of unbranched alkanes of at least 4 members (excludes halogenated alkanes) is 5. The van der Waals surface area contributed by atoms with Gasteiger partial charge in [-0.05, 0) is 273 Å². The van der Waals surface area contributed by atoms with E-state index in [1.165, 1.54) is 87.7 Å². The van der Waals surface area contributed by atoms with Crippen LogP contribution < -0.4 is 23.7 Å². The Labute approximate surface area is 653 Å². The van der Waals surface area contributed by atoms with Gasteiger partial charge in [-0.25, -0.2) is 0 Å². The van der Waals surface area contributed by atoms with Crippen LogP contribution in [0.5, 0.6) is 28.7 Å². The Hall–Kier alpha value is -8.05. The highest BCUT2D eigenvalue weighted by Gasteiger charge is 2.05. The Kier molecular flexibility index (Phi) is 52.6. The van der Waals surface area contributed by atoms with E-state index in [-0.39, 0.29) is 23.5 Å². The highest BCUT2D eigenvalue weighted by Crippen LogP contribution is 2.22. The molecule has 0 spiro atoms. The van der Waals surface area contributed by atoms with Gasteiger partial charge in [0.25, 0.3) is 0 Å². The van der Waals surface area contributed by atoms with Gasteiger partial charge in [0.2, 0.25) is 0 Å². The van der Waals surface area contributed by atoms with Gasteiger partial charge < -0.3 is 23.7 Å². The van der Waals surface area contributed by atoms with Gasteiger partial charge in [-0.1, -0.05) is 251 Å². The summed E-state index contributed by atoms with van der Waals surface area (Å²) in [7, 11) is 0. The van der Waals surface area contributed by atoms with Crippen LogP contribution in [0, 0.1) is 0 Å². The number of hydrogen-bond donors (Lipinski definition) is 0. The van der Waals surface area contributed by atoms with Crippen molar-refractivity contribution in [2.24, 2.45) is 0 Å². The van der Waals surface area contributed by atoms with Crippen LogP contribution in [-0.2, 0) is 64.2 Å². The molecule has 0 fully saturated rings. The molecule has 0 heterocycles. The topological polar surface area (TPSA) is 46.2 Å². The standard InChI is InChI=1S/5C18H21OS.5FH/c5*1-2-3-14-19-17-10-6-15(7-11-17)4-5-16-8-12-18(20)13-9-16;;;;;/h5*6-13H,2-5,14H2,1H3;5*1H. The van der Waals surface area contributed by atoms with Crippen LogP contribution in [0.15, 0.2) is 267 Å². The van der Waals surface area contributed by atoms with Crippen molar-refractivity contribution in [3.63, 3.8) is 0 Å². The van der Waals surface area contributed by atoms with E-state index in [0.29, 0.717) is 0 Å². The molecule has 15 heteroatoms. The molecule has 0 unspecified atom stereocenters. The first-order valence-corrected chi connectivity index (χ1v) is 38.3. The molecule has 0 saturated heterocycles. The predicted octanol–water partition coefficient (Wildman–Crippen LogP) is 26.8. The molecular weight excluding hydrogens is 1420 g/mol. The van der Waals surface area contributed by atoms with E-state index in [1.807, 2.05) is 60.7 Å². The van der Waals surface area contributed by atoms with Crippen molar-refractivity contribution in [2.75, 3.05) is 33.0 Å². The normalized spacial score (nSPS) is 9.95. The van der Waals surface area contributed by atoms with Crippen molar-refractivity contribution < 1.29 is 47.2 Å². The maximum atomic E-state index is 5.67. The van der Waals surface area contributed by atoms with Crippen molar-refractivity contribution in [3.05, 3.63) is 298 Å². The first-order chi connectivity index (χ1) is 48.9. The maximum absolute atomic E-state index is 5.67. The molecule has 10 aromatic carbocycles. The summed E-state index contributed by atoms with van der Waals surface area (Å²) >= 11 is 25.5. The van der Waals surface area contributed by atoms with E-state index in [4.69, 9.17) is 86.8 Å². The van der Waals surface area contributed by atoms with E-state index >= 15 is 0 Å². The number of hydrogen-bond acceptors (Lipinski definition) is 5. The summed E-state index contributed by atoms with van der Waals surface area (Å²) in [4.78, 5) is 4.52. The third-order valence-corrected chi connectivity index (χ3v) is 17.9. The lowest BCUT2D eigenvalue weighted by Crippen LogP contribution is -1.97. The molecular formula is C90H110F5O5S5. The first kappa shape index (κ1) is 95.0. The van der Waals surface area contributed by atoms with Crippen LogP contribution in [0.1, 0.15) is 154 Å². The van der Waals surface area contributed by atoms with Crippen LogP contribution in [0.25, 0.3) is 0 Å². The molecule has 0 amide bonds. The molecule has 0 aliphatic heterocycles. The SMILES string of the molecule is CCCCOc1ccc(CCc2ccc([S])cc2)cc1.CCCCOc1ccc(CCc2ccc([S])cc2)cc1.CCCCOc1ccc(CCc2ccc([S])cc2)cc1.CCCCOc1ccc(CCc2ccc([S])cc2)cc1.CCCCOc1ccc(CCc2ccc([S])cc2)cc1.F.F.F.F.F. The maximum Gasteiger partial charge on any atom is 0.119 e. The van der Waals surface area contributed by atoms with Crippen molar-refractivity contribution >= 4 is 63.1 Å². The Bertz CT molecular complexity index is 3110. The summed E-state index contributed by atoms with van der Waals surface area (Å²) < 4.78 is 28.3. The van der Waals surface area contributed by atoms with E-state index in [2.05, 4.69) is 217 Å². The summed E-state index contributed by atoms with van der Waals surface area (Å²) in [5.74, 6) is 4.85. The van der Waals surface area contributed by atoms with E-state index in [1.54, 1.807) is 0 Å². The fourth-order valence-electron chi connectivity index (χ4n) is 10.2. The molecule has 565 valence electrons. The van der Waals surface area contributed by atoms with E-state index in [9.17, 15) is 0 Å². The second-order valence-electron chi connectivity index (χ2n) is 24.9. The predicted molar refractivity (Wildman–Crippen MR) is 445 cm³/mol. The summed E-state index contributed by atoms with van der Waals surface area (Å²) in [6.07, 6.45) is 21.9. The van der Waals surface area contributed by atoms with Crippen LogP contribution in [-0.4, -0.2) is 33.0 Å². The zero-order chi connectivity index (χ0) is 71.0. The fourth-order valence-corrected chi connectivity index (χ4v) is 10.8. The Morgan fingerprint density at radius 2 is 0.276 bits per heavy atom.